The van der Waals surface area contributed by atoms with Crippen LogP contribution in [-0.4, -0.2) is 17.2 Å². The Balaban J connectivity index is 1.74. The number of amides is 2. The lowest BCUT2D eigenvalue weighted by atomic mass is 9.93. The third-order valence-corrected chi connectivity index (χ3v) is 3.10. The van der Waals surface area contributed by atoms with Crippen LogP contribution in [0.4, 0.5) is 4.79 Å². The zero-order chi connectivity index (χ0) is 12.1. The van der Waals surface area contributed by atoms with Gasteiger partial charge in [-0.25, -0.2) is 4.79 Å². The summed E-state index contributed by atoms with van der Waals surface area (Å²) in [5.41, 5.74) is 1.92. The van der Waals surface area contributed by atoms with Gasteiger partial charge >= 0.3 is 6.03 Å². The van der Waals surface area contributed by atoms with Gasteiger partial charge in [0.05, 0.1) is 6.61 Å². The Bertz CT molecular complexity index is 372. The van der Waals surface area contributed by atoms with Gasteiger partial charge < -0.3 is 15.7 Å². The Labute approximate surface area is 101 Å². The van der Waals surface area contributed by atoms with Crippen molar-refractivity contribution in [1.82, 2.24) is 10.6 Å². The van der Waals surface area contributed by atoms with Crippen LogP contribution in [0.25, 0.3) is 0 Å². The molecule has 0 atom stereocenters. The number of rotatable bonds is 4. The molecule has 92 valence electrons. The summed E-state index contributed by atoms with van der Waals surface area (Å²) in [6.07, 6.45) is 3.41. The minimum absolute atomic E-state index is 0.0515. The number of urea groups is 1. The summed E-state index contributed by atoms with van der Waals surface area (Å²) in [5, 5.41) is 14.6. The van der Waals surface area contributed by atoms with E-state index in [1.165, 1.54) is 6.42 Å². The first-order valence-corrected chi connectivity index (χ1v) is 6.01. The van der Waals surface area contributed by atoms with Gasteiger partial charge in [0.2, 0.25) is 0 Å². The maximum Gasteiger partial charge on any atom is 0.315 e. The fourth-order valence-corrected chi connectivity index (χ4v) is 1.73. The van der Waals surface area contributed by atoms with Crippen LogP contribution in [0.5, 0.6) is 0 Å². The summed E-state index contributed by atoms with van der Waals surface area (Å²) >= 11 is 0. The molecule has 1 saturated carbocycles. The molecule has 0 bridgehead atoms. The Morgan fingerprint density at radius 3 is 2.41 bits per heavy atom. The van der Waals surface area contributed by atoms with Crippen LogP contribution < -0.4 is 10.6 Å². The number of carbonyl (C=O) groups excluding carboxylic acids is 1. The second kappa shape index (κ2) is 5.68. The molecule has 0 radical (unpaired) electrons. The van der Waals surface area contributed by atoms with Gasteiger partial charge in [0.15, 0.2) is 0 Å². The van der Waals surface area contributed by atoms with Crippen molar-refractivity contribution in [2.45, 2.75) is 38.5 Å². The van der Waals surface area contributed by atoms with E-state index in [9.17, 15) is 4.79 Å². The third kappa shape index (κ3) is 3.46. The van der Waals surface area contributed by atoms with Crippen LogP contribution in [0.15, 0.2) is 24.3 Å². The summed E-state index contributed by atoms with van der Waals surface area (Å²) < 4.78 is 0. The SMILES string of the molecule is O=C(NCc1ccc(CO)cc1)NC1CCC1. The van der Waals surface area contributed by atoms with Crippen molar-refractivity contribution in [2.24, 2.45) is 0 Å². The first-order chi connectivity index (χ1) is 8.28. The molecule has 1 fully saturated rings. The average molecular weight is 234 g/mol. The maximum absolute atomic E-state index is 11.5. The van der Waals surface area contributed by atoms with E-state index in [-0.39, 0.29) is 12.6 Å². The van der Waals surface area contributed by atoms with Crippen molar-refractivity contribution < 1.29 is 9.90 Å². The topological polar surface area (TPSA) is 61.4 Å². The van der Waals surface area contributed by atoms with Gasteiger partial charge in [0.25, 0.3) is 0 Å². The molecule has 3 N–H and O–H groups in total. The van der Waals surface area contributed by atoms with Crippen molar-refractivity contribution >= 4 is 6.03 Å². The van der Waals surface area contributed by atoms with Crippen molar-refractivity contribution in [3.63, 3.8) is 0 Å². The maximum atomic E-state index is 11.5. The van der Waals surface area contributed by atoms with E-state index in [1.54, 1.807) is 0 Å². The lowest BCUT2D eigenvalue weighted by molar-refractivity contribution is 0.228. The molecule has 1 aromatic carbocycles. The molecule has 4 nitrogen and oxygen atoms in total. The minimum Gasteiger partial charge on any atom is -0.392 e. The Morgan fingerprint density at radius 2 is 1.88 bits per heavy atom. The first-order valence-electron chi connectivity index (χ1n) is 6.01. The van der Waals surface area contributed by atoms with Crippen LogP contribution in [0.1, 0.15) is 30.4 Å². The average Bonchev–Trinajstić information content (AvgIpc) is 2.32. The van der Waals surface area contributed by atoms with Crippen LogP contribution in [0.3, 0.4) is 0 Å². The molecule has 0 aliphatic heterocycles. The molecule has 0 saturated heterocycles. The molecular formula is C13H18N2O2. The van der Waals surface area contributed by atoms with Crippen LogP contribution >= 0.6 is 0 Å². The summed E-state index contributed by atoms with van der Waals surface area (Å²) in [6.45, 7) is 0.570. The van der Waals surface area contributed by atoms with Crippen molar-refractivity contribution in [1.29, 1.82) is 0 Å². The van der Waals surface area contributed by atoms with Crippen LogP contribution in [0.2, 0.25) is 0 Å². The number of hydrogen-bond acceptors (Lipinski definition) is 2. The summed E-state index contributed by atoms with van der Waals surface area (Å²) in [5.74, 6) is 0. The largest absolute Gasteiger partial charge is 0.392 e. The molecule has 4 heteroatoms. The number of aliphatic hydroxyl groups excluding tert-OH is 1. The van der Waals surface area contributed by atoms with Gasteiger partial charge in [-0.15, -0.1) is 0 Å². The molecule has 1 aliphatic rings. The normalized spacial score (nSPS) is 15.1. The lowest BCUT2D eigenvalue weighted by Gasteiger charge is -2.26. The predicted molar refractivity (Wildman–Crippen MR) is 65.4 cm³/mol. The van der Waals surface area contributed by atoms with Crippen molar-refractivity contribution in [3.8, 4) is 0 Å². The molecule has 1 aliphatic carbocycles. The van der Waals surface area contributed by atoms with E-state index in [1.807, 2.05) is 24.3 Å². The molecule has 0 unspecified atom stereocenters. The Morgan fingerprint density at radius 1 is 1.24 bits per heavy atom. The standard InChI is InChI=1S/C13H18N2O2/c16-9-11-6-4-10(5-7-11)8-14-13(17)15-12-2-1-3-12/h4-7,12,16H,1-3,8-9H2,(H2,14,15,17). The highest BCUT2D eigenvalue weighted by Crippen LogP contribution is 2.17. The molecule has 2 amide bonds. The molecular weight excluding hydrogens is 216 g/mol. The second-order valence-electron chi connectivity index (χ2n) is 4.43. The van der Waals surface area contributed by atoms with E-state index in [2.05, 4.69) is 10.6 Å². The van der Waals surface area contributed by atoms with Gasteiger partial charge in [-0.3, -0.25) is 0 Å². The Kier molecular flexibility index (Phi) is 3.98. The summed E-state index contributed by atoms with van der Waals surface area (Å²) in [4.78, 5) is 11.5. The fraction of sp³-hybridized carbons (Fsp3) is 0.462. The van der Waals surface area contributed by atoms with E-state index in [4.69, 9.17) is 5.11 Å². The molecule has 2 rings (SSSR count). The molecule has 1 aromatic rings. The number of benzene rings is 1. The molecule has 0 heterocycles. The number of aliphatic hydroxyl groups is 1. The summed E-state index contributed by atoms with van der Waals surface area (Å²) in [6, 6.07) is 7.82. The highest BCUT2D eigenvalue weighted by molar-refractivity contribution is 5.74. The van der Waals surface area contributed by atoms with Crippen molar-refractivity contribution in [2.75, 3.05) is 0 Å². The number of carbonyl (C=O) groups is 1. The highest BCUT2D eigenvalue weighted by atomic mass is 16.3. The zero-order valence-electron chi connectivity index (χ0n) is 9.78. The minimum atomic E-state index is -0.0964. The molecule has 17 heavy (non-hydrogen) atoms. The van der Waals surface area contributed by atoms with Crippen LogP contribution in [0, 0.1) is 0 Å². The van der Waals surface area contributed by atoms with Gasteiger partial charge in [0, 0.05) is 12.6 Å². The van der Waals surface area contributed by atoms with E-state index < -0.39 is 0 Å². The molecule has 0 aromatic heterocycles. The monoisotopic (exact) mass is 234 g/mol. The molecule has 0 spiro atoms. The highest BCUT2D eigenvalue weighted by Gasteiger charge is 2.18. The van der Waals surface area contributed by atoms with Gasteiger partial charge in [-0.05, 0) is 30.4 Å². The Hall–Kier alpha value is -1.55. The van der Waals surface area contributed by atoms with Crippen LogP contribution in [-0.2, 0) is 13.2 Å². The summed E-state index contributed by atoms with van der Waals surface area (Å²) in [7, 11) is 0. The fourth-order valence-electron chi connectivity index (χ4n) is 1.73. The smallest absolute Gasteiger partial charge is 0.315 e. The van der Waals surface area contributed by atoms with E-state index >= 15 is 0 Å². The lowest BCUT2D eigenvalue weighted by Crippen LogP contribution is -2.44. The van der Waals surface area contributed by atoms with E-state index in [0.29, 0.717) is 12.6 Å². The third-order valence-electron chi connectivity index (χ3n) is 3.10. The second-order valence-corrected chi connectivity index (χ2v) is 4.43. The van der Waals surface area contributed by atoms with Gasteiger partial charge in [-0.2, -0.15) is 0 Å². The zero-order valence-corrected chi connectivity index (χ0v) is 9.78. The number of nitrogens with one attached hydrogen (secondary N) is 2. The van der Waals surface area contributed by atoms with Gasteiger partial charge in [0.1, 0.15) is 0 Å². The number of hydrogen-bond donors (Lipinski definition) is 3. The predicted octanol–water partition coefficient (Wildman–Crippen LogP) is 1.53. The van der Waals surface area contributed by atoms with Crippen molar-refractivity contribution in [3.05, 3.63) is 35.4 Å². The van der Waals surface area contributed by atoms with Gasteiger partial charge in [-0.1, -0.05) is 24.3 Å². The first kappa shape index (κ1) is 11.9. The quantitative estimate of drug-likeness (QED) is 0.740. The van der Waals surface area contributed by atoms with E-state index in [0.717, 1.165) is 24.0 Å².